The molecule has 0 aromatic heterocycles. The van der Waals surface area contributed by atoms with Crippen molar-refractivity contribution in [2.24, 2.45) is 5.73 Å². The van der Waals surface area contributed by atoms with Crippen LogP contribution in [0, 0.1) is 11.3 Å². The fourth-order valence-electron chi connectivity index (χ4n) is 2.11. The highest BCUT2D eigenvalue weighted by atomic mass is 16.5. The molecule has 0 atom stereocenters. The van der Waals surface area contributed by atoms with Crippen LogP contribution in [0.3, 0.4) is 0 Å². The molecule has 19 heavy (non-hydrogen) atoms. The number of benzene rings is 1. The minimum absolute atomic E-state index is 0.0106. The lowest BCUT2D eigenvalue weighted by Gasteiger charge is -2.37. The molecule has 2 rings (SSSR count). The Morgan fingerprint density at radius 1 is 1.53 bits per heavy atom. The molecule has 0 saturated heterocycles. The van der Waals surface area contributed by atoms with Crippen LogP contribution in [-0.2, 0) is 4.79 Å². The predicted octanol–water partition coefficient (Wildman–Crippen LogP) is 1.80. The summed E-state index contributed by atoms with van der Waals surface area (Å²) in [5, 5.41) is 11.2. The average Bonchev–Trinajstić information content (AvgIpc) is 2.34. The Morgan fingerprint density at radius 3 is 2.95 bits per heavy atom. The second kappa shape index (κ2) is 5.72. The summed E-state index contributed by atoms with van der Waals surface area (Å²) in [4.78, 5) is 11.9. The van der Waals surface area contributed by atoms with Gasteiger partial charge >= 0.3 is 0 Å². The average molecular weight is 259 g/mol. The summed E-state index contributed by atoms with van der Waals surface area (Å²) in [5.74, 6) is 0.477. The van der Waals surface area contributed by atoms with Crippen LogP contribution in [0.25, 0.3) is 0 Å². The number of carbonyl (C=O) groups excluding carboxylic acids is 1. The first-order valence-corrected chi connectivity index (χ1v) is 6.30. The number of anilines is 1. The number of nitrogens with one attached hydrogen (secondary N) is 1. The molecule has 1 fully saturated rings. The van der Waals surface area contributed by atoms with Crippen molar-refractivity contribution >= 4 is 11.6 Å². The van der Waals surface area contributed by atoms with Gasteiger partial charge < -0.3 is 15.8 Å². The van der Waals surface area contributed by atoms with Crippen LogP contribution in [0.4, 0.5) is 5.69 Å². The second-order valence-corrected chi connectivity index (χ2v) is 4.92. The summed E-state index contributed by atoms with van der Waals surface area (Å²) in [7, 11) is 0. The third-order valence-electron chi connectivity index (χ3n) is 3.28. The van der Waals surface area contributed by atoms with Gasteiger partial charge in [-0.2, -0.15) is 5.26 Å². The molecular formula is C14H17N3O2. The normalized spacial score (nSPS) is 16.0. The van der Waals surface area contributed by atoms with Crippen molar-refractivity contribution in [2.75, 3.05) is 11.9 Å². The van der Waals surface area contributed by atoms with Crippen LogP contribution in [0.1, 0.15) is 25.7 Å². The monoisotopic (exact) mass is 259 g/mol. The largest absolute Gasteiger partial charge is 0.479 e. The van der Waals surface area contributed by atoms with E-state index in [9.17, 15) is 4.79 Å². The van der Waals surface area contributed by atoms with E-state index < -0.39 is 0 Å². The quantitative estimate of drug-likeness (QED) is 0.843. The molecule has 5 heteroatoms. The summed E-state index contributed by atoms with van der Waals surface area (Å²) in [6.45, 7) is -0.0106. The van der Waals surface area contributed by atoms with Gasteiger partial charge in [0.1, 0.15) is 11.8 Å². The maximum absolute atomic E-state index is 11.9. The molecule has 1 aliphatic rings. The molecule has 0 aliphatic heterocycles. The predicted molar refractivity (Wildman–Crippen MR) is 71.6 cm³/mol. The lowest BCUT2D eigenvalue weighted by atomic mass is 9.75. The highest BCUT2D eigenvalue weighted by Crippen LogP contribution is 2.32. The standard InChI is InChI=1S/C14H17N3O2/c15-7-8-19-12-4-1-3-11(9-12)17-13(18)10-14(16)5-2-6-14/h1,3-4,9H,2,5-6,8,10,16H2,(H,17,18). The summed E-state index contributed by atoms with van der Waals surface area (Å²) in [6, 6.07) is 8.88. The van der Waals surface area contributed by atoms with E-state index in [-0.39, 0.29) is 18.1 Å². The summed E-state index contributed by atoms with van der Waals surface area (Å²) in [5.41, 5.74) is 6.37. The van der Waals surface area contributed by atoms with E-state index in [1.807, 2.05) is 6.07 Å². The molecule has 1 aromatic rings. The number of nitrogens with two attached hydrogens (primary N) is 1. The Balaban J connectivity index is 1.91. The van der Waals surface area contributed by atoms with E-state index in [1.54, 1.807) is 24.3 Å². The first-order valence-electron chi connectivity index (χ1n) is 6.30. The first-order chi connectivity index (χ1) is 9.11. The smallest absolute Gasteiger partial charge is 0.226 e. The van der Waals surface area contributed by atoms with Gasteiger partial charge in [-0.3, -0.25) is 4.79 Å². The van der Waals surface area contributed by atoms with Crippen LogP contribution < -0.4 is 15.8 Å². The van der Waals surface area contributed by atoms with Crippen LogP contribution >= 0.6 is 0 Å². The number of nitriles is 1. The molecule has 0 radical (unpaired) electrons. The van der Waals surface area contributed by atoms with Crippen LogP contribution in [0.2, 0.25) is 0 Å². The summed E-state index contributed by atoms with van der Waals surface area (Å²) >= 11 is 0. The Morgan fingerprint density at radius 2 is 2.32 bits per heavy atom. The van der Waals surface area contributed by atoms with Gasteiger partial charge in [-0.05, 0) is 31.4 Å². The zero-order valence-electron chi connectivity index (χ0n) is 10.7. The van der Waals surface area contributed by atoms with E-state index in [0.29, 0.717) is 17.9 Å². The molecule has 100 valence electrons. The van der Waals surface area contributed by atoms with E-state index >= 15 is 0 Å². The number of ether oxygens (including phenoxy) is 1. The number of hydrogen-bond donors (Lipinski definition) is 2. The third kappa shape index (κ3) is 3.70. The van der Waals surface area contributed by atoms with Gasteiger partial charge in [0.25, 0.3) is 0 Å². The molecule has 1 aromatic carbocycles. The minimum Gasteiger partial charge on any atom is -0.479 e. The molecule has 0 unspecified atom stereocenters. The molecular weight excluding hydrogens is 242 g/mol. The van der Waals surface area contributed by atoms with Crippen molar-refractivity contribution < 1.29 is 9.53 Å². The van der Waals surface area contributed by atoms with Crippen LogP contribution in [-0.4, -0.2) is 18.1 Å². The van der Waals surface area contributed by atoms with Crippen molar-refractivity contribution in [1.29, 1.82) is 5.26 Å². The molecule has 0 bridgehead atoms. The molecule has 1 saturated carbocycles. The van der Waals surface area contributed by atoms with Gasteiger partial charge in [-0.1, -0.05) is 6.07 Å². The Labute approximate surface area is 112 Å². The van der Waals surface area contributed by atoms with E-state index in [0.717, 1.165) is 19.3 Å². The number of carbonyl (C=O) groups is 1. The molecule has 5 nitrogen and oxygen atoms in total. The molecule has 0 spiro atoms. The lowest BCUT2D eigenvalue weighted by Crippen LogP contribution is -2.48. The maximum Gasteiger partial charge on any atom is 0.226 e. The highest BCUT2D eigenvalue weighted by molar-refractivity contribution is 5.91. The van der Waals surface area contributed by atoms with Crippen LogP contribution in [0.15, 0.2) is 24.3 Å². The zero-order chi connectivity index (χ0) is 13.7. The summed E-state index contributed by atoms with van der Waals surface area (Å²) < 4.78 is 5.17. The van der Waals surface area contributed by atoms with Gasteiger partial charge in [-0.15, -0.1) is 0 Å². The van der Waals surface area contributed by atoms with E-state index in [2.05, 4.69) is 5.32 Å². The van der Waals surface area contributed by atoms with Gasteiger partial charge in [-0.25, -0.2) is 0 Å². The lowest BCUT2D eigenvalue weighted by molar-refractivity contribution is -0.118. The number of nitrogens with zero attached hydrogens (tertiary/aromatic N) is 1. The molecule has 0 heterocycles. The number of amides is 1. The molecule has 1 aliphatic carbocycles. The molecule has 3 N–H and O–H groups in total. The van der Waals surface area contributed by atoms with Gasteiger partial charge in [0.05, 0.1) is 0 Å². The second-order valence-electron chi connectivity index (χ2n) is 4.92. The third-order valence-corrected chi connectivity index (χ3v) is 3.28. The zero-order valence-corrected chi connectivity index (χ0v) is 10.7. The summed E-state index contributed by atoms with van der Waals surface area (Å²) in [6.07, 6.45) is 3.26. The van der Waals surface area contributed by atoms with Gasteiger partial charge in [0.2, 0.25) is 5.91 Å². The first kappa shape index (κ1) is 13.4. The fraction of sp³-hybridized carbons (Fsp3) is 0.429. The maximum atomic E-state index is 11.9. The SMILES string of the molecule is N#CCOc1cccc(NC(=O)CC2(N)CCC2)c1. The van der Waals surface area contributed by atoms with Crippen LogP contribution in [0.5, 0.6) is 5.75 Å². The van der Waals surface area contributed by atoms with Crippen molar-refractivity contribution in [3.8, 4) is 11.8 Å². The number of hydrogen-bond acceptors (Lipinski definition) is 4. The van der Waals surface area contributed by atoms with E-state index in [1.165, 1.54) is 0 Å². The van der Waals surface area contributed by atoms with Crippen molar-refractivity contribution in [3.63, 3.8) is 0 Å². The van der Waals surface area contributed by atoms with Gasteiger partial charge in [0, 0.05) is 23.7 Å². The van der Waals surface area contributed by atoms with Crippen molar-refractivity contribution in [2.45, 2.75) is 31.2 Å². The minimum atomic E-state index is -0.320. The van der Waals surface area contributed by atoms with Crippen molar-refractivity contribution in [1.82, 2.24) is 0 Å². The Hall–Kier alpha value is -2.06. The molecule has 1 amide bonds. The Bertz CT molecular complexity index is 504. The Kier molecular flexibility index (Phi) is 4.03. The topological polar surface area (TPSA) is 88.1 Å². The van der Waals surface area contributed by atoms with E-state index in [4.69, 9.17) is 15.7 Å². The van der Waals surface area contributed by atoms with Crippen molar-refractivity contribution in [3.05, 3.63) is 24.3 Å². The fourth-order valence-corrected chi connectivity index (χ4v) is 2.11. The highest BCUT2D eigenvalue weighted by Gasteiger charge is 2.34. The van der Waals surface area contributed by atoms with Gasteiger partial charge in [0.15, 0.2) is 6.61 Å². The number of rotatable bonds is 5.